The maximum Gasteiger partial charge on any atom is 0.209 e. The highest BCUT2D eigenvalue weighted by Gasteiger charge is 2.11. The molecule has 2 heterocycles. The van der Waals surface area contributed by atoms with Crippen LogP contribution in [-0.2, 0) is 6.54 Å². The van der Waals surface area contributed by atoms with Gasteiger partial charge in [0, 0.05) is 25.5 Å². The van der Waals surface area contributed by atoms with Gasteiger partial charge in [0.15, 0.2) is 0 Å². The van der Waals surface area contributed by atoms with Gasteiger partial charge >= 0.3 is 0 Å². The second kappa shape index (κ2) is 5.32. The van der Waals surface area contributed by atoms with Crippen molar-refractivity contribution in [3.63, 3.8) is 0 Å². The predicted molar refractivity (Wildman–Crippen MR) is 78.0 cm³/mol. The quantitative estimate of drug-likeness (QED) is 0.789. The van der Waals surface area contributed by atoms with Crippen molar-refractivity contribution in [3.05, 3.63) is 48.3 Å². The number of rotatable bonds is 4. The molecule has 0 aliphatic heterocycles. The first kappa shape index (κ1) is 13.2. The Morgan fingerprint density at radius 3 is 2.81 bits per heavy atom. The van der Waals surface area contributed by atoms with Crippen molar-refractivity contribution in [2.24, 2.45) is 0 Å². The molecule has 21 heavy (non-hydrogen) atoms. The van der Waals surface area contributed by atoms with Crippen molar-refractivity contribution >= 4 is 23.1 Å². The summed E-state index contributed by atoms with van der Waals surface area (Å²) in [6.07, 6.45) is 2.73. The number of nitrogens with one attached hydrogen (secondary N) is 1. The van der Waals surface area contributed by atoms with Gasteiger partial charge in [0.25, 0.3) is 0 Å². The molecule has 3 rings (SSSR count). The van der Waals surface area contributed by atoms with Gasteiger partial charge in [0.1, 0.15) is 6.09 Å². The maximum atomic E-state index is 11.0. The molecular weight excluding hydrogens is 268 g/mol. The Hall–Kier alpha value is -2.76. The fourth-order valence-electron chi connectivity index (χ4n) is 2.32. The van der Waals surface area contributed by atoms with Crippen LogP contribution in [-0.4, -0.2) is 27.2 Å². The van der Waals surface area contributed by atoms with Gasteiger partial charge in [0.2, 0.25) is 5.95 Å². The highest BCUT2D eigenvalue weighted by molar-refractivity contribution is 5.86. The topological polar surface area (TPSA) is 77.0 Å². The summed E-state index contributed by atoms with van der Waals surface area (Å²) >= 11 is 0. The molecule has 0 saturated carbocycles. The first-order valence-electron chi connectivity index (χ1n) is 6.75. The molecule has 0 fully saturated rings. The van der Waals surface area contributed by atoms with Gasteiger partial charge < -0.3 is 19.5 Å². The summed E-state index contributed by atoms with van der Waals surface area (Å²) in [5, 5.41) is 11.0. The molecule has 0 bridgehead atoms. The Labute approximate surface area is 121 Å². The van der Waals surface area contributed by atoms with E-state index in [2.05, 4.69) is 14.5 Å². The monoisotopic (exact) mass is 283 g/mol. The molecule has 0 aliphatic carbocycles. The fourth-order valence-corrected chi connectivity index (χ4v) is 2.32. The number of aromatic nitrogens is 3. The number of carboxylic acid groups (broad SMARTS) is 1. The summed E-state index contributed by atoms with van der Waals surface area (Å²) in [6.45, 7) is 2.79. The molecule has 3 aromatic rings. The zero-order chi connectivity index (χ0) is 14.8. The van der Waals surface area contributed by atoms with E-state index < -0.39 is 6.09 Å². The lowest BCUT2D eigenvalue weighted by molar-refractivity contribution is -0.246. The van der Waals surface area contributed by atoms with Gasteiger partial charge in [-0.2, -0.15) is 0 Å². The summed E-state index contributed by atoms with van der Waals surface area (Å²) in [5.74, 6) is 0.297. The zero-order valence-electron chi connectivity index (χ0n) is 11.6. The highest BCUT2D eigenvalue weighted by atomic mass is 16.4. The Bertz CT molecular complexity index is 761. The Morgan fingerprint density at radius 2 is 2.14 bits per heavy atom. The number of amides is 1. The van der Waals surface area contributed by atoms with Gasteiger partial charge in [-0.25, -0.2) is 4.98 Å². The molecule has 1 N–H and O–H groups in total. The minimum atomic E-state index is -1.26. The number of benzene rings is 1. The molecular formula is C15H15N4O2-. The van der Waals surface area contributed by atoms with Crippen LogP contribution in [0.25, 0.3) is 11.0 Å². The normalized spacial score (nSPS) is 10.9. The van der Waals surface area contributed by atoms with Crippen LogP contribution in [0, 0.1) is 0 Å². The van der Waals surface area contributed by atoms with E-state index in [4.69, 9.17) is 0 Å². The summed E-state index contributed by atoms with van der Waals surface area (Å²) in [6, 6.07) is 9.81. The van der Waals surface area contributed by atoms with Crippen molar-refractivity contribution in [2.45, 2.75) is 13.5 Å². The molecule has 6 nitrogen and oxygen atoms in total. The predicted octanol–water partition coefficient (Wildman–Crippen LogP) is 1.58. The van der Waals surface area contributed by atoms with Crippen LogP contribution in [0.4, 0.5) is 10.7 Å². The van der Waals surface area contributed by atoms with Crippen LogP contribution < -0.4 is 10.0 Å². The SMILES string of the molecule is CCN(C(=O)[O-])c1nc2ccc(Cn3cccc3)cc2[nH]1. The summed E-state index contributed by atoms with van der Waals surface area (Å²) in [5.41, 5.74) is 2.67. The van der Waals surface area contributed by atoms with Gasteiger partial charge in [-0.1, -0.05) is 6.07 Å². The second-order valence-corrected chi connectivity index (χ2v) is 4.78. The highest BCUT2D eigenvalue weighted by Crippen LogP contribution is 2.19. The maximum absolute atomic E-state index is 11.0. The van der Waals surface area contributed by atoms with Crippen LogP contribution in [0.15, 0.2) is 42.7 Å². The van der Waals surface area contributed by atoms with Crippen LogP contribution >= 0.6 is 0 Å². The summed E-state index contributed by atoms with van der Waals surface area (Å²) in [7, 11) is 0. The standard InChI is InChI=1S/C15H16N4O2/c1-2-19(15(20)21)14-16-12-6-5-11(9-13(12)17-14)10-18-7-3-4-8-18/h3-9H,2,10H2,1H3,(H,16,17)(H,20,21)/p-1. The molecule has 0 spiro atoms. The van der Waals surface area contributed by atoms with E-state index in [-0.39, 0.29) is 0 Å². The lowest BCUT2D eigenvalue weighted by Crippen LogP contribution is -2.41. The molecule has 0 atom stereocenters. The van der Waals surface area contributed by atoms with Crippen LogP contribution in [0.1, 0.15) is 12.5 Å². The molecule has 108 valence electrons. The molecule has 1 aromatic carbocycles. The third kappa shape index (κ3) is 2.60. The van der Waals surface area contributed by atoms with Crippen LogP contribution in [0.5, 0.6) is 0 Å². The van der Waals surface area contributed by atoms with Crippen molar-refractivity contribution in [1.82, 2.24) is 14.5 Å². The molecule has 6 heteroatoms. The second-order valence-electron chi connectivity index (χ2n) is 4.78. The summed E-state index contributed by atoms with van der Waals surface area (Å²) < 4.78 is 2.07. The van der Waals surface area contributed by atoms with E-state index in [0.29, 0.717) is 12.5 Å². The number of H-pyrrole nitrogens is 1. The van der Waals surface area contributed by atoms with Gasteiger partial charge in [0.05, 0.1) is 11.0 Å². The van der Waals surface area contributed by atoms with E-state index in [1.54, 1.807) is 6.92 Å². The largest absolute Gasteiger partial charge is 0.530 e. The average Bonchev–Trinajstić information content (AvgIpc) is 3.08. The molecule has 0 radical (unpaired) electrons. The zero-order valence-corrected chi connectivity index (χ0v) is 11.6. The Kier molecular flexibility index (Phi) is 3.35. The van der Waals surface area contributed by atoms with Crippen molar-refractivity contribution in [1.29, 1.82) is 0 Å². The fraction of sp³-hybridized carbons (Fsp3) is 0.200. The van der Waals surface area contributed by atoms with E-state index in [1.807, 2.05) is 42.7 Å². The van der Waals surface area contributed by atoms with E-state index in [0.717, 1.165) is 28.0 Å². The average molecular weight is 283 g/mol. The molecule has 1 amide bonds. The number of nitrogens with zero attached hydrogens (tertiary/aromatic N) is 3. The minimum Gasteiger partial charge on any atom is -0.530 e. The van der Waals surface area contributed by atoms with Crippen molar-refractivity contribution < 1.29 is 9.90 Å². The molecule has 0 unspecified atom stereocenters. The number of hydrogen-bond acceptors (Lipinski definition) is 3. The Balaban J connectivity index is 1.93. The van der Waals surface area contributed by atoms with Crippen molar-refractivity contribution in [3.8, 4) is 0 Å². The molecule has 0 aliphatic rings. The van der Waals surface area contributed by atoms with Gasteiger partial charge in [-0.05, 0) is 36.8 Å². The number of hydrogen-bond donors (Lipinski definition) is 1. The number of carbonyl (C=O) groups excluding carboxylic acids is 1. The van der Waals surface area contributed by atoms with Crippen molar-refractivity contribution in [2.75, 3.05) is 11.4 Å². The van der Waals surface area contributed by atoms with Crippen LogP contribution in [0.2, 0.25) is 0 Å². The smallest absolute Gasteiger partial charge is 0.209 e. The lowest BCUT2D eigenvalue weighted by Gasteiger charge is -2.19. The number of fused-ring (bicyclic) bond motifs is 1. The third-order valence-electron chi connectivity index (χ3n) is 3.36. The minimum absolute atomic E-state index is 0.290. The number of imidazole rings is 1. The first-order chi connectivity index (χ1) is 10.2. The molecule has 0 saturated heterocycles. The summed E-state index contributed by atoms with van der Waals surface area (Å²) in [4.78, 5) is 19.4. The van der Waals surface area contributed by atoms with Gasteiger partial charge in [-0.3, -0.25) is 4.90 Å². The number of aromatic amines is 1. The number of anilines is 1. The lowest BCUT2D eigenvalue weighted by atomic mass is 10.2. The van der Waals surface area contributed by atoms with E-state index in [9.17, 15) is 9.90 Å². The molecule has 2 aromatic heterocycles. The van der Waals surface area contributed by atoms with E-state index >= 15 is 0 Å². The van der Waals surface area contributed by atoms with Gasteiger partial charge in [-0.15, -0.1) is 0 Å². The number of carbonyl (C=O) groups is 1. The third-order valence-corrected chi connectivity index (χ3v) is 3.36. The van der Waals surface area contributed by atoms with E-state index in [1.165, 1.54) is 0 Å². The van der Waals surface area contributed by atoms with Crippen LogP contribution in [0.3, 0.4) is 0 Å². The first-order valence-corrected chi connectivity index (χ1v) is 6.75. The Morgan fingerprint density at radius 1 is 1.38 bits per heavy atom.